The van der Waals surface area contributed by atoms with Crippen LogP contribution in [0.1, 0.15) is 23.1 Å². The fourth-order valence-corrected chi connectivity index (χ4v) is 3.13. The molecule has 0 heterocycles. The van der Waals surface area contributed by atoms with Gasteiger partial charge >= 0.3 is 0 Å². The van der Waals surface area contributed by atoms with Crippen LogP contribution in [0, 0.1) is 6.92 Å². The number of amides is 1. The largest absolute Gasteiger partial charge is 0.497 e. The minimum Gasteiger partial charge on any atom is -0.497 e. The predicted octanol–water partition coefficient (Wildman–Crippen LogP) is 3.99. The molecule has 0 fully saturated rings. The van der Waals surface area contributed by atoms with Crippen molar-refractivity contribution in [1.82, 2.24) is 5.32 Å². The molecule has 1 N–H and O–H groups in total. The predicted molar refractivity (Wildman–Crippen MR) is 102 cm³/mol. The van der Waals surface area contributed by atoms with Gasteiger partial charge in [0.2, 0.25) is 5.91 Å². The lowest BCUT2D eigenvalue weighted by atomic mass is 10.1. The van der Waals surface area contributed by atoms with Crippen LogP contribution >= 0.6 is 11.8 Å². The first-order chi connectivity index (χ1) is 11.7. The Morgan fingerprint density at radius 1 is 1.04 bits per heavy atom. The van der Waals surface area contributed by atoms with Crippen LogP contribution in [0.15, 0.2) is 48.5 Å². The minimum atomic E-state index is 0.109. The second kappa shape index (κ2) is 10.0. The van der Waals surface area contributed by atoms with E-state index in [0.29, 0.717) is 5.75 Å². The molecule has 0 saturated heterocycles. The first-order valence-corrected chi connectivity index (χ1v) is 9.36. The fraction of sp³-hybridized carbons (Fsp3) is 0.350. The summed E-state index contributed by atoms with van der Waals surface area (Å²) in [5.74, 6) is 2.30. The highest BCUT2D eigenvalue weighted by atomic mass is 32.2. The second-order valence-electron chi connectivity index (χ2n) is 5.78. The first-order valence-electron chi connectivity index (χ1n) is 8.20. The molecule has 0 bridgehead atoms. The van der Waals surface area contributed by atoms with Crippen molar-refractivity contribution in [3.05, 3.63) is 65.2 Å². The van der Waals surface area contributed by atoms with E-state index in [2.05, 4.69) is 36.5 Å². The smallest absolute Gasteiger partial charge is 0.230 e. The molecule has 0 atom stereocenters. The maximum absolute atomic E-state index is 11.8. The van der Waals surface area contributed by atoms with Crippen molar-refractivity contribution in [1.29, 1.82) is 0 Å². The van der Waals surface area contributed by atoms with E-state index >= 15 is 0 Å². The molecule has 0 aliphatic heterocycles. The van der Waals surface area contributed by atoms with Crippen molar-refractivity contribution < 1.29 is 9.53 Å². The third-order valence-corrected chi connectivity index (χ3v) is 4.75. The number of nitrogens with one attached hydrogen (secondary N) is 1. The summed E-state index contributed by atoms with van der Waals surface area (Å²) in [4.78, 5) is 11.8. The number of aryl methyl sites for hydroxylation is 2. The van der Waals surface area contributed by atoms with E-state index in [4.69, 9.17) is 4.74 Å². The van der Waals surface area contributed by atoms with Gasteiger partial charge < -0.3 is 10.1 Å². The molecular weight excluding hydrogens is 318 g/mol. The number of hydrogen-bond donors (Lipinski definition) is 1. The molecule has 1 amide bonds. The van der Waals surface area contributed by atoms with Gasteiger partial charge in [0.25, 0.3) is 0 Å². The van der Waals surface area contributed by atoms with Crippen LogP contribution in [0.2, 0.25) is 0 Å². The van der Waals surface area contributed by atoms with E-state index in [9.17, 15) is 4.79 Å². The van der Waals surface area contributed by atoms with Gasteiger partial charge in [0.1, 0.15) is 5.75 Å². The quantitative estimate of drug-likeness (QED) is 0.700. The summed E-state index contributed by atoms with van der Waals surface area (Å²) in [5.41, 5.74) is 3.80. The zero-order valence-electron chi connectivity index (χ0n) is 14.4. The summed E-state index contributed by atoms with van der Waals surface area (Å²) in [6.07, 6.45) is 1.97. The number of methoxy groups -OCH3 is 1. The second-order valence-corrected chi connectivity index (χ2v) is 6.77. The Balaban J connectivity index is 1.56. The van der Waals surface area contributed by atoms with E-state index in [0.717, 1.165) is 30.9 Å². The molecule has 0 unspecified atom stereocenters. The van der Waals surface area contributed by atoms with Crippen molar-refractivity contribution in [3.63, 3.8) is 0 Å². The molecule has 0 spiro atoms. The Bertz CT molecular complexity index is 623. The monoisotopic (exact) mass is 343 g/mol. The van der Waals surface area contributed by atoms with Crippen LogP contribution in [0.3, 0.4) is 0 Å². The van der Waals surface area contributed by atoms with Crippen LogP contribution in [0.25, 0.3) is 0 Å². The van der Waals surface area contributed by atoms with Gasteiger partial charge in [0, 0.05) is 12.3 Å². The Kier molecular flexibility index (Phi) is 7.69. The third-order valence-electron chi connectivity index (χ3n) is 3.75. The molecule has 0 aliphatic carbocycles. The Labute approximate surface area is 148 Å². The van der Waals surface area contributed by atoms with Gasteiger partial charge in [-0.25, -0.2) is 0 Å². The molecule has 2 rings (SSSR count). The number of rotatable bonds is 9. The molecule has 3 nitrogen and oxygen atoms in total. The fourth-order valence-electron chi connectivity index (χ4n) is 2.31. The van der Waals surface area contributed by atoms with Gasteiger partial charge in [-0.3, -0.25) is 4.79 Å². The zero-order chi connectivity index (χ0) is 17.2. The molecule has 0 aliphatic rings. The van der Waals surface area contributed by atoms with Gasteiger partial charge in [-0.15, -0.1) is 11.8 Å². The number of ether oxygens (including phenoxy) is 1. The van der Waals surface area contributed by atoms with E-state index in [1.54, 1.807) is 18.9 Å². The average molecular weight is 343 g/mol. The first kappa shape index (κ1) is 18.4. The summed E-state index contributed by atoms with van der Waals surface area (Å²) in [7, 11) is 1.66. The zero-order valence-corrected chi connectivity index (χ0v) is 15.2. The van der Waals surface area contributed by atoms with Gasteiger partial charge in [-0.1, -0.05) is 42.0 Å². The Hall–Kier alpha value is -1.94. The topological polar surface area (TPSA) is 38.3 Å². The summed E-state index contributed by atoms with van der Waals surface area (Å²) < 4.78 is 5.13. The van der Waals surface area contributed by atoms with Crippen LogP contribution < -0.4 is 10.1 Å². The molecule has 0 aromatic heterocycles. The lowest BCUT2D eigenvalue weighted by molar-refractivity contribution is -0.118. The summed E-state index contributed by atoms with van der Waals surface area (Å²) in [5, 5.41) is 2.99. The number of benzene rings is 2. The molecule has 0 saturated carbocycles. The van der Waals surface area contributed by atoms with Gasteiger partial charge in [-0.2, -0.15) is 0 Å². The van der Waals surface area contributed by atoms with Crippen LogP contribution in [-0.2, 0) is 17.0 Å². The molecule has 24 heavy (non-hydrogen) atoms. The van der Waals surface area contributed by atoms with Crippen molar-refractivity contribution in [2.75, 3.05) is 19.4 Å². The maximum Gasteiger partial charge on any atom is 0.230 e. The van der Waals surface area contributed by atoms with Crippen LogP contribution in [0.4, 0.5) is 0 Å². The lowest BCUT2D eigenvalue weighted by Gasteiger charge is -2.06. The normalized spacial score (nSPS) is 10.4. The van der Waals surface area contributed by atoms with E-state index < -0.39 is 0 Å². The average Bonchev–Trinajstić information content (AvgIpc) is 2.61. The van der Waals surface area contributed by atoms with Gasteiger partial charge in [0.15, 0.2) is 0 Å². The standard InChI is InChI=1S/C20H25NO2S/c1-16-5-7-17(8-6-16)4-3-13-21-20(22)15-24-14-18-9-11-19(23-2)12-10-18/h5-12H,3-4,13-15H2,1-2H3,(H,21,22). The number of thioether (sulfide) groups is 1. The van der Waals surface area contributed by atoms with E-state index in [1.165, 1.54) is 16.7 Å². The number of carbonyl (C=O) groups excluding carboxylic acids is 1. The summed E-state index contributed by atoms with van der Waals surface area (Å²) in [6, 6.07) is 16.5. The number of hydrogen-bond acceptors (Lipinski definition) is 3. The van der Waals surface area contributed by atoms with Crippen molar-refractivity contribution in [2.45, 2.75) is 25.5 Å². The van der Waals surface area contributed by atoms with Gasteiger partial charge in [-0.05, 0) is 43.0 Å². The van der Waals surface area contributed by atoms with Crippen molar-refractivity contribution in [2.24, 2.45) is 0 Å². The molecule has 2 aromatic carbocycles. The molecule has 128 valence electrons. The van der Waals surface area contributed by atoms with E-state index in [1.807, 2.05) is 24.3 Å². The Morgan fingerprint density at radius 2 is 1.71 bits per heavy atom. The summed E-state index contributed by atoms with van der Waals surface area (Å²) in [6.45, 7) is 2.82. The maximum atomic E-state index is 11.8. The molecule has 0 radical (unpaired) electrons. The van der Waals surface area contributed by atoms with E-state index in [-0.39, 0.29) is 5.91 Å². The highest BCUT2D eigenvalue weighted by molar-refractivity contribution is 7.99. The SMILES string of the molecule is COc1ccc(CSCC(=O)NCCCc2ccc(C)cc2)cc1. The van der Waals surface area contributed by atoms with Crippen molar-refractivity contribution >= 4 is 17.7 Å². The molecular formula is C20H25NO2S. The highest BCUT2D eigenvalue weighted by Gasteiger charge is 2.02. The molecule has 2 aromatic rings. The highest BCUT2D eigenvalue weighted by Crippen LogP contribution is 2.16. The van der Waals surface area contributed by atoms with Crippen LogP contribution in [-0.4, -0.2) is 25.3 Å². The summed E-state index contributed by atoms with van der Waals surface area (Å²) >= 11 is 1.63. The Morgan fingerprint density at radius 3 is 2.38 bits per heavy atom. The van der Waals surface area contributed by atoms with Gasteiger partial charge in [0.05, 0.1) is 12.9 Å². The van der Waals surface area contributed by atoms with Crippen molar-refractivity contribution in [3.8, 4) is 5.75 Å². The molecule has 4 heteroatoms. The van der Waals surface area contributed by atoms with Crippen LogP contribution in [0.5, 0.6) is 5.75 Å². The number of carbonyl (C=O) groups is 1. The lowest BCUT2D eigenvalue weighted by Crippen LogP contribution is -2.26. The third kappa shape index (κ3) is 6.67. The minimum absolute atomic E-state index is 0.109.